The number of aromatic hydroxyl groups is 1. The molecule has 0 aliphatic carbocycles. The standard InChI is InChI=1S/C12H14N2O3S/c15-10-3-1-2-9(8-10)13-11(16)12(18)14-4-6-17-7-5-14/h1-3,8,15H,4-7H2,(H,13,16). The first-order chi connectivity index (χ1) is 8.66. The normalized spacial score (nSPS) is 15.2. The molecule has 0 aromatic heterocycles. The molecule has 0 radical (unpaired) electrons. The van der Waals surface area contributed by atoms with Crippen molar-refractivity contribution in [1.82, 2.24) is 4.90 Å². The highest BCUT2D eigenvalue weighted by atomic mass is 32.1. The van der Waals surface area contributed by atoms with Gasteiger partial charge in [0, 0.05) is 24.8 Å². The van der Waals surface area contributed by atoms with E-state index in [1.165, 1.54) is 12.1 Å². The van der Waals surface area contributed by atoms with Crippen LogP contribution in [-0.4, -0.2) is 47.2 Å². The Morgan fingerprint density at radius 1 is 1.39 bits per heavy atom. The number of carbonyl (C=O) groups is 1. The first-order valence-electron chi connectivity index (χ1n) is 5.64. The molecule has 1 saturated heterocycles. The summed E-state index contributed by atoms with van der Waals surface area (Å²) in [5, 5.41) is 12.0. The van der Waals surface area contributed by atoms with Crippen LogP contribution < -0.4 is 5.32 Å². The van der Waals surface area contributed by atoms with E-state index < -0.39 is 0 Å². The van der Waals surface area contributed by atoms with Crippen molar-refractivity contribution in [2.24, 2.45) is 0 Å². The number of thiocarbonyl (C=S) groups is 1. The van der Waals surface area contributed by atoms with Gasteiger partial charge in [0.05, 0.1) is 13.2 Å². The Morgan fingerprint density at radius 3 is 2.78 bits per heavy atom. The number of rotatable bonds is 1. The van der Waals surface area contributed by atoms with Crippen molar-refractivity contribution in [3.05, 3.63) is 24.3 Å². The van der Waals surface area contributed by atoms with Crippen molar-refractivity contribution in [2.75, 3.05) is 31.6 Å². The van der Waals surface area contributed by atoms with Gasteiger partial charge in [-0.3, -0.25) is 4.79 Å². The number of phenolic OH excluding ortho intramolecular Hbond substituents is 1. The van der Waals surface area contributed by atoms with Crippen LogP contribution in [0.5, 0.6) is 5.75 Å². The molecule has 2 rings (SSSR count). The van der Waals surface area contributed by atoms with Crippen molar-refractivity contribution < 1.29 is 14.6 Å². The van der Waals surface area contributed by atoms with E-state index in [9.17, 15) is 9.90 Å². The van der Waals surface area contributed by atoms with Gasteiger partial charge in [-0.25, -0.2) is 0 Å². The number of ether oxygens (including phenoxy) is 1. The highest BCUT2D eigenvalue weighted by Crippen LogP contribution is 2.15. The van der Waals surface area contributed by atoms with Crippen LogP contribution >= 0.6 is 12.2 Å². The Bertz CT molecular complexity index is 458. The molecule has 0 atom stereocenters. The molecular weight excluding hydrogens is 252 g/mol. The zero-order valence-corrected chi connectivity index (χ0v) is 10.6. The van der Waals surface area contributed by atoms with Gasteiger partial charge in [-0.1, -0.05) is 18.3 Å². The van der Waals surface area contributed by atoms with Gasteiger partial charge < -0.3 is 20.1 Å². The Balaban J connectivity index is 1.96. The Hall–Kier alpha value is -1.66. The molecule has 6 heteroatoms. The first-order valence-corrected chi connectivity index (χ1v) is 6.04. The van der Waals surface area contributed by atoms with E-state index in [1.54, 1.807) is 12.1 Å². The second-order valence-electron chi connectivity index (χ2n) is 3.91. The average Bonchev–Trinajstić information content (AvgIpc) is 2.39. The number of hydrogen-bond donors (Lipinski definition) is 2. The number of morpholine rings is 1. The summed E-state index contributed by atoms with van der Waals surface area (Å²) in [6.07, 6.45) is 0. The number of nitrogens with zero attached hydrogens (tertiary/aromatic N) is 1. The molecule has 0 bridgehead atoms. The monoisotopic (exact) mass is 266 g/mol. The van der Waals surface area contributed by atoms with Crippen LogP contribution in [0, 0.1) is 0 Å². The molecule has 0 saturated carbocycles. The van der Waals surface area contributed by atoms with E-state index in [1.807, 2.05) is 4.90 Å². The Kier molecular flexibility index (Phi) is 4.11. The summed E-state index contributed by atoms with van der Waals surface area (Å²) in [5.41, 5.74) is 0.524. The SMILES string of the molecule is O=C(Nc1cccc(O)c1)C(=S)N1CCOCC1. The summed E-state index contributed by atoms with van der Waals surface area (Å²) >= 11 is 5.12. The van der Waals surface area contributed by atoms with Crippen molar-refractivity contribution in [3.8, 4) is 5.75 Å². The minimum Gasteiger partial charge on any atom is -0.508 e. The Morgan fingerprint density at radius 2 is 2.11 bits per heavy atom. The summed E-state index contributed by atoms with van der Waals surface area (Å²) in [7, 11) is 0. The molecule has 1 amide bonds. The lowest BCUT2D eigenvalue weighted by atomic mass is 10.3. The molecule has 0 unspecified atom stereocenters. The summed E-state index contributed by atoms with van der Waals surface area (Å²) in [4.78, 5) is 14.0. The molecule has 1 aliphatic rings. The van der Waals surface area contributed by atoms with Crippen LogP contribution in [0.25, 0.3) is 0 Å². The Labute approximate surface area is 110 Å². The molecule has 0 spiro atoms. The fourth-order valence-corrected chi connectivity index (χ4v) is 1.91. The topological polar surface area (TPSA) is 61.8 Å². The third kappa shape index (κ3) is 3.18. The molecule has 1 aliphatic heterocycles. The lowest BCUT2D eigenvalue weighted by Gasteiger charge is -2.28. The van der Waals surface area contributed by atoms with Crippen LogP contribution in [0.15, 0.2) is 24.3 Å². The van der Waals surface area contributed by atoms with E-state index in [0.717, 1.165) is 0 Å². The second-order valence-corrected chi connectivity index (χ2v) is 4.30. The van der Waals surface area contributed by atoms with Crippen LogP contribution in [0.3, 0.4) is 0 Å². The fraction of sp³-hybridized carbons (Fsp3) is 0.333. The molecular formula is C12H14N2O3S. The lowest BCUT2D eigenvalue weighted by molar-refractivity contribution is -0.111. The summed E-state index contributed by atoms with van der Waals surface area (Å²) in [6.45, 7) is 2.43. The highest BCUT2D eigenvalue weighted by molar-refractivity contribution is 7.82. The lowest BCUT2D eigenvalue weighted by Crippen LogP contribution is -2.44. The molecule has 1 fully saturated rings. The van der Waals surface area contributed by atoms with Gasteiger partial charge in [0.2, 0.25) is 0 Å². The van der Waals surface area contributed by atoms with Gasteiger partial charge in [-0.15, -0.1) is 0 Å². The minimum atomic E-state index is -0.336. The summed E-state index contributed by atoms with van der Waals surface area (Å²) in [5.74, 6) is -0.234. The van der Waals surface area contributed by atoms with E-state index in [4.69, 9.17) is 17.0 Å². The second kappa shape index (κ2) is 5.79. The molecule has 96 valence electrons. The predicted molar refractivity (Wildman–Crippen MR) is 71.7 cm³/mol. The predicted octanol–water partition coefficient (Wildman–Crippen LogP) is 0.990. The van der Waals surface area contributed by atoms with Crippen LogP contribution in [-0.2, 0) is 9.53 Å². The highest BCUT2D eigenvalue weighted by Gasteiger charge is 2.19. The van der Waals surface area contributed by atoms with E-state index in [-0.39, 0.29) is 16.6 Å². The van der Waals surface area contributed by atoms with Crippen molar-refractivity contribution in [1.29, 1.82) is 0 Å². The van der Waals surface area contributed by atoms with Crippen LogP contribution in [0.4, 0.5) is 5.69 Å². The fourth-order valence-electron chi connectivity index (χ4n) is 1.68. The van der Waals surface area contributed by atoms with E-state index >= 15 is 0 Å². The maximum absolute atomic E-state index is 11.9. The van der Waals surface area contributed by atoms with Gasteiger partial charge in [0.25, 0.3) is 5.91 Å². The summed E-state index contributed by atoms with van der Waals surface area (Å²) in [6, 6.07) is 6.36. The molecule has 18 heavy (non-hydrogen) atoms. The number of hydrogen-bond acceptors (Lipinski definition) is 4. The molecule has 1 aromatic carbocycles. The first kappa shape index (κ1) is 12.8. The minimum absolute atomic E-state index is 0.102. The quantitative estimate of drug-likeness (QED) is 0.742. The largest absolute Gasteiger partial charge is 0.508 e. The van der Waals surface area contributed by atoms with E-state index in [2.05, 4.69) is 5.32 Å². The van der Waals surface area contributed by atoms with E-state index in [0.29, 0.717) is 32.0 Å². The van der Waals surface area contributed by atoms with Gasteiger partial charge in [-0.05, 0) is 12.1 Å². The number of benzene rings is 1. The zero-order chi connectivity index (χ0) is 13.0. The number of amides is 1. The maximum Gasteiger partial charge on any atom is 0.283 e. The third-order valence-electron chi connectivity index (χ3n) is 2.60. The third-order valence-corrected chi connectivity index (χ3v) is 3.04. The number of carbonyl (C=O) groups excluding carboxylic acids is 1. The van der Waals surface area contributed by atoms with Gasteiger partial charge in [0.15, 0.2) is 4.99 Å². The molecule has 2 N–H and O–H groups in total. The van der Waals surface area contributed by atoms with Gasteiger partial charge in [0.1, 0.15) is 5.75 Å². The smallest absolute Gasteiger partial charge is 0.283 e. The maximum atomic E-state index is 11.9. The number of anilines is 1. The molecule has 1 aromatic rings. The van der Waals surface area contributed by atoms with Gasteiger partial charge >= 0.3 is 0 Å². The number of phenols is 1. The van der Waals surface area contributed by atoms with Crippen LogP contribution in [0.2, 0.25) is 0 Å². The average molecular weight is 266 g/mol. The molecule has 5 nitrogen and oxygen atoms in total. The van der Waals surface area contributed by atoms with Crippen molar-refractivity contribution in [2.45, 2.75) is 0 Å². The number of nitrogens with one attached hydrogen (secondary N) is 1. The summed E-state index contributed by atoms with van der Waals surface area (Å²) < 4.78 is 5.20. The van der Waals surface area contributed by atoms with Gasteiger partial charge in [-0.2, -0.15) is 0 Å². The van der Waals surface area contributed by atoms with Crippen LogP contribution in [0.1, 0.15) is 0 Å². The van der Waals surface area contributed by atoms with Crippen molar-refractivity contribution in [3.63, 3.8) is 0 Å². The van der Waals surface area contributed by atoms with Crippen molar-refractivity contribution >= 4 is 28.8 Å². The zero-order valence-electron chi connectivity index (χ0n) is 9.76. The molecule has 1 heterocycles.